The first kappa shape index (κ1) is 57.1. The first-order chi connectivity index (χ1) is 28.8. The fraction of sp³-hybridized carbons (Fsp3) is 0.904. The van der Waals surface area contributed by atoms with Crippen LogP contribution in [0.25, 0.3) is 0 Å². The average Bonchev–Trinajstić information content (AvgIpc) is 3.21. The first-order valence-electron chi connectivity index (χ1n) is 25.6. The Morgan fingerprint density at radius 2 is 0.814 bits per heavy atom. The molecule has 0 aromatic rings. The molecule has 0 saturated carbocycles. The summed E-state index contributed by atoms with van der Waals surface area (Å²) < 4.78 is 17.4. The van der Waals surface area contributed by atoms with E-state index in [-0.39, 0.29) is 24.0 Å². The minimum Gasteiger partial charge on any atom is -0.466 e. The molecular weight excluding hydrogens is 735 g/mol. The molecule has 1 N–H and O–H groups in total. The highest BCUT2D eigenvalue weighted by atomic mass is 16.5. The van der Waals surface area contributed by atoms with E-state index < -0.39 is 0 Å². The summed E-state index contributed by atoms with van der Waals surface area (Å²) in [6, 6.07) is 0. The molecule has 0 bridgehead atoms. The summed E-state index contributed by atoms with van der Waals surface area (Å²) in [5, 5.41) is 3.16. The Hall–Kier alpha value is -1.89. The fourth-order valence-corrected chi connectivity index (χ4v) is 8.17. The summed E-state index contributed by atoms with van der Waals surface area (Å²) in [7, 11) is 1.95. The molecule has 59 heavy (non-hydrogen) atoms. The Kier molecular flexibility index (Phi) is 42.8. The zero-order valence-corrected chi connectivity index (χ0v) is 40.0. The molecule has 0 unspecified atom stereocenters. The number of rotatable bonds is 46. The van der Waals surface area contributed by atoms with Crippen LogP contribution < -0.4 is 5.32 Å². The van der Waals surface area contributed by atoms with Crippen LogP contribution in [0.3, 0.4) is 0 Å². The Morgan fingerprint density at radius 1 is 0.441 bits per heavy atom. The van der Waals surface area contributed by atoms with Gasteiger partial charge in [-0.25, -0.2) is 0 Å². The van der Waals surface area contributed by atoms with Crippen molar-refractivity contribution in [2.75, 3.05) is 26.8 Å². The van der Waals surface area contributed by atoms with Crippen molar-refractivity contribution in [1.82, 2.24) is 5.32 Å². The van der Waals surface area contributed by atoms with E-state index in [4.69, 9.17) is 14.2 Å². The van der Waals surface area contributed by atoms with Crippen molar-refractivity contribution in [2.45, 2.75) is 265 Å². The molecule has 0 aliphatic rings. The summed E-state index contributed by atoms with van der Waals surface area (Å²) in [5.41, 5.74) is 1.19. The minimum absolute atomic E-state index is 0.00492. The van der Waals surface area contributed by atoms with Crippen LogP contribution in [0.15, 0.2) is 12.2 Å². The number of hydrogen-bond donors (Lipinski definition) is 1. The van der Waals surface area contributed by atoms with E-state index in [0.29, 0.717) is 44.3 Å². The molecule has 0 aliphatic carbocycles. The third kappa shape index (κ3) is 40.0. The quantitative estimate of drug-likeness (QED) is 0.0283. The molecule has 0 heterocycles. The monoisotopic (exact) mass is 834 g/mol. The molecule has 348 valence electrons. The number of nitrogens with one attached hydrogen (secondary N) is 1. The Morgan fingerprint density at radius 3 is 1.20 bits per heavy atom. The van der Waals surface area contributed by atoms with Gasteiger partial charge in [0.25, 0.3) is 0 Å². The van der Waals surface area contributed by atoms with Gasteiger partial charge in [0, 0.05) is 19.3 Å². The van der Waals surface area contributed by atoms with E-state index in [1.54, 1.807) is 0 Å². The number of unbranched alkanes of at least 4 members (excludes halogenated alkanes) is 18. The van der Waals surface area contributed by atoms with Crippen LogP contribution in [0.5, 0.6) is 0 Å². The van der Waals surface area contributed by atoms with Crippen LogP contribution in [-0.2, 0) is 28.6 Å². The molecule has 0 spiro atoms. The third-order valence-electron chi connectivity index (χ3n) is 12.1. The molecule has 0 radical (unpaired) electrons. The second kappa shape index (κ2) is 44.2. The normalized spacial score (nSPS) is 11.5. The second-order valence-electron chi connectivity index (χ2n) is 18.0. The number of esters is 3. The zero-order valence-electron chi connectivity index (χ0n) is 40.0. The molecule has 7 heteroatoms. The highest BCUT2D eigenvalue weighted by molar-refractivity contribution is 5.70. The van der Waals surface area contributed by atoms with Crippen molar-refractivity contribution in [3.05, 3.63) is 12.2 Å². The van der Waals surface area contributed by atoms with Gasteiger partial charge in [0.2, 0.25) is 0 Å². The first-order valence-corrected chi connectivity index (χ1v) is 25.6. The van der Waals surface area contributed by atoms with Gasteiger partial charge in [-0.15, -0.1) is 0 Å². The van der Waals surface area contributed by atoms with E-state index in [0.717, 1.165) is 141 Å². The minimum atomic E-state index is -0.0676. The lowest BCUT2D eigenvalue weighted by Gasteiger charge is -2.18. The second-order valence-corrected chi connectivity index (χ2v) is 18.0. The molecule has 0 aliphatic heterocycles. The molecule has 0 aromatic carbocycles. The maximum Gasteiger partial charge on any atom is 0.306 e. The van der Waals surface area contributed by atoms with Crippen molar-refractivity contribution in [1.29, 1.82) is 0 Å². The molecule has 0 atom stereocenters. The number of ether oxygens (including phenoxy) is 3. The highest BCUT2D eigenvalue weighted by Gasteiger charge is 2.17. The van der Waals surface area contributed by atoms with Crippen LogP contribution in [0.4, 0.5) is 0 Å². The summed E-state index contributed by atoms with van der Waals surface area (Å²) in [4.78, 5) is 37.9. The topological polar surface area (TPSA) is 90.9 Å². The zero-order chi connectivity index (χ0) is 43.4. The fourth-order valence-electron chi connectivity index (χ4n) is 8.17. The molecule has 0 fully saturated rings. The molecule has 0 aromatic heterocycles. The van der Waals surface area contributed by atoms with Crippen LogP contribution in [0.1, 0.15) is 259 Å². The molecular formula is C52H99NO6. The highest BCUT2D eigenvalue weighted by Crippen LogP contribution is 2.24. The van der Waals surface area contributed by atoms with Crippen molar-refractivity contribution >= 4 is 17.9 Å². The summed E-state index contributed by atoms with van der Waals surface area (Å²) in [5.74, 6) is 0.884. The average molecular weight is 834 g/mol. The third-order valence-corrected chi connectivity index (χ3v) is 12.1. The summed E-state index contributed by atoms with van der Waals surface area (Å²) in [6.45, 7) is 15.1. The van der Waals surface area contributed by atoms with Crippen LogP contribution in [0, 0.1) is 11.8 Å². The van der Waals surface area contributed by atoms with Gasteiger partial charge in [-0.1, -0.05) is 168 Å². The predicted octanol–water partition coefficient (Wildman–Crippen LogP) is 15.1. The Bertz CT molecular complexity index is 893. The van der Waals surface area contributed by atoms with Crippen molar-refractivity contribution in [2.24, 2.45) is 11.8 Å². The Labute approximate surface area is 366 Å². The van der Waals surface area contributed by atoms with E-state index in [1.165, 1.54) is 82.6 Å². The van der Waals surface area contributed by atoms with Gasteiger partial charge in [0.05, 0.1) is 13.2 Å². The van der Waals surface area contributed by atoms with E-state index >= 15 is 0 Å². The lowest BCUT2D eigenvalue weighted by atomic mass is 9.92. The van der Waals surface area contributed by atoms with Gasteiger partial charge in [0.1, 0.15) is 6.10 Å². The largest absolute Gasteiger partial charge is 0.466 e. The Balaban J connectivity index is 4.46. The molecule has 0 rings (SSSR count). The summed E-state index contributed by atoms with van der Waals surface area (Å²) >= 11 is 0. The van der Waals surface area contributed by atoms with E-state index in [9.17, 15) is 14.4 Å². The number of carbonyl (C=O) groups excluding carboxylic acids is 3. The maximum absolute atomic E-state index is 12.8. The SMILES string of the molecule is C=C(CCCC(=O)OC(CCCCCCCCOC(=O)CC(CCCCC)CCCCC)CCCCCCCCOC(=O)CC(CCCCC)CCCCC)CCNC. The van der Waals surface area contributed by atoms with Gasteiger partial charge in [-0.05, 0) is 109 Å². The van der Waals surface area contributed by atoms with Crippen LogP contribution >= 0.6 is 0 Å². The smallest absolute Gasteiger partial charge is 0.306 e. The van der Waals surface area contributed by atoms with Gasteiger partial charge < -0.3 is 19.5 Å². The van der Waals surface area contributed by atoms with Gasteiger partial charge in [-0.2, -0.15) is 0 Å². The van der Waals surface area contributed by atoms with Crippen molar-refractivity contribution in [3.8, 4) is 0 Å². The van der Waals surface area contributed by atoms with Crippen molar-refractivity contribution < 1.29 is 28.6 Å². The van der Waals surface area contributed by atoms with Gasteiger partial charge in [0.15, 0.2) is 0 Å². The van der Waals surface area contributed by atoms with E-state index in [2.05, 4.69) is 39.6 Å². The van der Waals surface area contributed by atoms with Crippen LogP contribution in [0.2, 0.25) is 0 Å². The lowest BCUT2D eigenvalue weighted by molar-refractivity contribution is -0.150. The molecule has 0 amide bonds. The predicted molar refractivity (Wildman–Crippen MR) is 251 cm³/mol. The number of carbonyl (C=O) groups is 3. The van der Waals surface area contributed by atoms with Gasteiger partial charge >= 0.3 is 17.9 Å². The maximum atomic E-state index is 12.8. The lowest BCUT2D eigenvalue weighted by Crippen LogP contribution is -2.18. The summed E-state index contributed by atoms with van der Waals surface area (Å²) in [6.07, 6.45) is 38.6. The van der Waals surface area contributed by atoms with Gasteiger partial charge in [-0.3, -0.25) is 14.4 Å². The van der Waals surface area contributed by atoms with Crippen LogP contribution in [-0.4, -0.2) is 50.8 Å². The van der Waals surface area contributed by atoms with Crippen molar-refractivity contribution in [3.63, 3.8) is 0 Å². The molecule has 7 nitrogen and oxygen atoms in total. The number of hydrogen-bond acceptors (Lipinski definition) is 7. The molecule has 0 saturated heterocycles. The standard InChI is InChI=1S/C52H99NO6/c1-7-11-23-33-47(34-24-12-8-2)44-51(55)57-42-29-21-17-15-19-27-37-49(59-50(54)39-31-32-46(5)40-41-53-6)38-28-20-16-18-22-30-43-58-52(56)45-48(35-25-13-9-3)36-26-14-10-4/h47-49,53H,5,7-45H2,1-4,6H3. The van der Waals surface area contributed by atoms with E-state index in [1.807, 2.05) is 7.05 Å².